The van der Waals surface area contributed by atoms with Gasteiger partial charge in [0.25, 0.3) is 0 Å². The van der Waals surface area contributed by atoms with E-state index in [1.807, 2.05) is 0 Å². The first kappa shape index (κ1) is 11.3. The van der Waals surface area contributed by atoms with Crippen LogP contribution >= 0.6 is 0 Å². The molecule has 0 spiro atoms. The molecule has 0 aliphatic carbocycles. The lowest BCUT2D eigenvalue weighted by Gasteiger charge is -2.39. The van der Waals surface area contributed by atoms with Gasteiger partial charge in [0.05, 0.1) is 25.9 Å². The minimum Gasteiger partial charge on any atom is -0.380 e. The molecule has 0 radical (unpaired) electrons. The molecule has 0 bridgehead atoms. The molecule has 0 aromatic carbocycles. The van der Waals surface area contributed by atoms with Crippen LogP contribution in [0.5, 0.6) is 0 Å². The number of hydrogen-bond donors (Lipinski definition) is 1. The fraction of sp³-hybridized carbons (Fsp3) is 1.00. The first-order valence-electron chi connectivity index (χ1n) is 5.77. The predicted octanol–water partition coefficient (Wildman–Crippen LogP) is -0.0569. The molecule has 2 fully saturated rings. The fourth-order valence-corrected chi connectivity index (χ4v) is 2.08. The van der Waals surface area contributed by atoms with Crippen molar-refractivity contribution in [2.45, 2.75) is 13.0 Å². The first-order chi connectivity index (χ1) is 7.18. The largest absolute Gasteiger partial charge is 0.380 e. The number of morpholine rings is 1. The number of nitrogens with one attached hydrogen (secondary N) is 1. The molecule has 0 amide bonds. The second-order valence-corrected chi connectivity index (χ2v) is 5.19. The van der Waals surface area contributed by atoms with Crippen molar-refractivity contribution in [3.8, 4) is 0 Å². The Morgan fingerprint density at radius 1 is 1.47 bits per heavy atom. The van der Waals surface area contributed by atoms with Crippen LogP contribution in [0.15, 0.2) is 0 Å². The van der Waals surface area contributed by atoms with Crippen LogP contribution in [0.1, 0.15) is 6.92 Å². The number of hydrogen-bond acceptors (Lipinski definition) is 4. The van der Waals surface area contributed by atoms with Gasteiger partial charge in [-0.05, 0) is 7.05 Å². The van der Waals surface area contributed by atoms with Crippen molar-refractivity contribution in [2.24, 2.45) is 5.41 Å². The van der Waals surface area contributed by atoms with Crippen LogP contribution in [0, 0.1) is 5.41 Å². The predicted molar refractivity (Wildman–Crippen MR) is 59.0 cm³/mol. The Labute approximate surface area is 91.9 Å². The van der Waals surface area contributed by atoms with Crippen molar-refractivity contribution in [3.63, 3.8) is 0 Å². The van der Waals surface area contributed by atoms with Gasteiger partial charge in [0.15, 0.2) is 0 Å². The Kier molecular flexibility index (Phi) is 3.61. The fourth-order valence-electron chi connectivity index (χ4n) is 2.08. The average molecular weight is 214 g/mol. The normalized spacial score (nSPS) is 31.2. The van der Waals surface area contributed by atoms with E-state index in [-0.39, 0.29) is 0 Å². The molecule has 88 valence electrons. The molecule has 1 atom stereocenters. The van der Waals surface area contributed by atoms with Crippen LogP contribution in [0.25, 0.3) is 0 Å². The summed E-state index contributed by atoms with van der Waals surface area (Å²) >= 11 is 0. The van der Waals surface area contributed by atoms with Gasteiger partial charge >= 0.3 is 0 Å². The van der Waals surface area contributed by atoms with Gasteiger partial charge in [-0.3, -0.25) is 0 Å². The van der Waals surface area contributed by atoms with E-state index in [1.54, 1.807) is 0 Å². The van der Waals surface area contributed by atoms with Crippen LogP contribution in [0.4, 0.5) is 0 Å². The van der Waals surface area contributed by atoms with Crippen LogP contribution < -0.4 is 5.32 Å². The van der Waals surface area contributed by atoms with Crippen molar-refractivity contribution in [3.05, 3.63) is 0 Å². The summed E-state index contributed by atoms with van der Waals surface area (Å²) in [7, 11) is 2.15. The maximum absolute atomic E-state index is 5.68. The minimum absolute atomic E-state index is 0.355. The molecular formula is C11H22N2O2. The average Bonchev–Trinajstić information content (AvgIpc) is 2.15. The lowest BCUT2D eigenvalue weighted by molar-refractivity contribution is -0.101. The van der Waals surface area contributed by atoms with E-state index in [1.165, 1.54) is 0 Å². The Hall–Kier alpha value is -0.160. The molecule has 0 aromatic heterocycles. The highest BCUT2D eigenvalue weighted by atomic mass is 16.5. The zero-order valence-electron chi connectivity index (χ0n) is 9.79. The Morgan fingerprint density at radius 2 is 2.27 bits per heavy atom. The number of ether oxygens (including phenoxy) is 2. The zero-order valence-corrected chi connectivity index (χ0v) is 9.79. The van der Waals surface area contributed by atoms with Gasteiger partial charge in [-0.25, -0.2) is 0 Å². The second-order valence-electron chi connectivity index (χ2n) is 5.19. The van der Waals surface area contributed by atoms with Crippen molar-refractivity contribution >= 4 is 0 Å². The van der Waals surface area contributed by atoms with E-state index >= 15 is 0 Å². The summed E-state index contributed by atoms with van der Waals surface area (Å²) in [5, 5.41) is 3.49. The van der Waals surface area contributed by atoms with Gasteiger partial charge in [-0.15, -0.1) is 0 Å². The quantitative estimate of drug-likeness (QED) is 0.711. The summed E-state index contributed by atoms with van der Waals surface area (Å²) in [6.45, 7) is 9.01. The summed E-state index contributed by atoms with van der Waals surface area (Å²) in [5.74, 6) is 0. The molecule has 2 aliphatic rings. The minimum atomic E-state index is 0.355. The lowest BCUT2D eigenvalue weighted by atomic mass is 9.89. The van der Waals surface area contributed by atoms with Crippen LogP contribution in [-0.4, -0.2) is 64.1 Å². The monoisotopic (exact) mass is 214 g/mol. The highest BCUT2D eigenvalue weighted by Crippen LogP contribution is 2.24. The van der Waals surface area contributed by atoms with Crippen LogP contribution in [0.2, 0.25) is 0 Å². The molecule has 1 N–H and O–H groups in total. The molecule has 2 saturated heterocycles. The van der Waals surface area contributed by atoms with Crippen molar-refractivity contribution in [1.29, 1.82) is 0 Å². The van der Waals surface area contributed by atoms with Gasteiger partial charge in [0.1, 0.15) is 0 Å². The maximum Gasteiger partial charge on any atom is 0.0826 e. The molecule has 1 unspecified atom stereocenters. The molecule has 4 heteroatoms. The van der Waals surface area contributed by atoms with E-state index in [9.17, 15) is 0 Å². The number of rotatable bonds is 4. The van der Waals surface area contributed by atoms with E-state index in [2.05, 4.69) is 24.2 Å². The highest BCUT2D eigenvalue weighted by Gasteiger charge is 2.33. The summed E-state index contributed by atoms with van der Waals surface area (Å²) in [6, 6.07) is 0. The van der Waals surface area contributed by atoms with Crippen LogP contribution in [0.3, 0.4) is 0 Å². The molecular weight excluding hydrogens is 192 g/mol. The second kappa shape index (κ2) is 4.78. The molecule has 15 heavy (non-hydrogen) atoms. The Morgan fingerprint density at radius 3 is 2.87 bits per heavy atom. The van der Waals surface area contributed by atoms with Crippen molar-refractivity contribution in [1.82, 2.24) is 10.2 Å². The topological polar surface area (TPSA) is 33.7 Å². The number of likely N-dealkylation sites (N-methyl/N-ethyl adjacent to an activating group) is 1. The summed E-state index contributed by atoms with van der Waals surface area (Å²) in [6.07, 6.45) is 0.355. The van der Waals surface area contributed by atoms with E-state index in [0.29, 0.717) is 11.5 Å². The van der Waals surface area contributed by atoms with Crippen LogP contribution in [-0.2, 0) is 9.47 Å². The zero-order chi connectivity index (χ0) is 10.7. The van der Waals surface area contributed by atoms with Gasteiger partial charge in [0, 0.05) is 31.6 Å². The molecule has 2 rings (SSSR count). The molecule has 2 aliphatic heterocycles. The molecule has 0 saturated carbocycles. The van der Waals surface area contributed by atoms with Gasteiger partial charge < -0.3 is 19.7 Å². The van der Waals surface area contributed by atoms with E-state index in [0.717, 1.165) is 46.0 Å². The van der Waals surface area contributed by atoms with Gasteiger partial charge in [0.2, 0.25) is 0 Å². The molecule has 2 heterocycles. The van der Waals surface area contributed by atoms with Gasteiger partial charge in [-0.1, -0.05) is 6.92 Å². The third-order valence-electron chi connectivity index (χ3n) is 3.17. The third kappa shape index (κ3) is 3.14. The maximum atomic E-state index is 5.68. The van der Waals surface area contributed by atoms with E-state index in [4.69, 9.17) is 9.47 Å². The lowest BCUT2D eigenvalue weighted by Crippen LogP contribution is -2.50. The van der Waals surface area contributed by atoms with Crippen molar-refractivity contribution in [2.75, 3.05) is 53.0 Å². The molecule has 0 aromatic rings. The molecule has 4 nitrogen and oxygen atoms in total. The SMILES string of the molecule is CN1CCOC(CNCC2(C)COC2)C1. The number of nitrogens with zero attached hydrogens (tertiary/aromatic N) is 1. The summed E-state index contributed by atoms with van der Waals surface area (Å²) in [4.78, 5) is 2.32. The van der Waals surface area contributed by atoms with E-state index < -0.39 is 0 Å². The third-order valence-corrected chi connectivity index (χ3v) is 3.17. The first-order valence-corrected chi connectivity index (χ1v) is 5.77. The van der Waals surface area contributed by atoms with Gasteiger partial charge in [-0.2, -0.15) is 0 Å². The highest BCUT2D eigenvalue weighted by molar-refractivity contribution is 4.83. The standard InChI is InChI=1S/C11H22N2O2/c1-11(8-14-9-11)7-12-5-10-6-13(2)3-4-15-10/h10,12H,3-9H2,1-2H3. The Balaban J connectivity index is 1.60. The Bertz CT molecular complexity index is 207. The summed E-state index contributed by atoms with van der Waals surface area (Å²) < 4.78 is 10.9. The summed E-state index contributed by atoms with van der Waals surface area (Å²) in [5.41, 5.74) is 0.362. The smallest absolute Gasteiger partial charge is 0.0826 e. The van der Waals surface area contributed by atoms with Crippen molar-refractivity contribution < 1.29 is 9.47 Å².